The molecule has 0 aromatic carbocycles. The van der Waals surface area contributed by atoms with Crippen LogP contribution in [0.1, 0.15) is 58.8 Å². The summed E-state index contributed by atoms with van der Waals surface area (Å²) < 4.78 is 0. The lowest BCUT2D eigenvalue weighted by atomic mass is 9.46. The summed E-state index contributed by atoms with van der Waals surface area (Å²) in [6, 6.07) is 0. The molecule has 4 unspecified atom stereocenters. The predicted molar refractivity (Wildman–Crippen MR) is 94.5 cm³/mol. The highest BCUT2D eigenvalue weighted by Gasteiger charge is 2.57. The number of carboxylic acids is 1. The molecule has 24 heavy (non-hydrogen) atoms. The number of aliphatic hydroxyl groups excluding tert-OH is 2. The molecule has 0 radical (unpaired) electrons. The maximum atomic E-state index is 12.0. The van der Waals surface area contributed by atoms with Gasteiger partial charge in [-0.2, -0.15) is 0 Å². The normalized spacial score (nSPS) is 37.2. The molecule has 0 bridgehead atoms. The van der Waals surface area contributed by atoms with E-state index in [2.05, 4.69) is 13.5 Å². The molecule has 3 N–H and O–H groups in total. The highest BCUT2D eigenvalue weighted by Crippen LogP contribution is 2.62. The molecule has 2 fully saturated rings. The zero-order chi connectivity index (χ0) is 18.0. The second kappa shape index (κ2) is 7.40. The van der Waals surface area contributed by atoms with Gasteiger partial charge in [-0.3, -0.25) is 4.79 Å². The summed E-state index contributed by atoms with van der Waals surface area (Å²) >= 11 is 0. The molecule has 0 saturated heterocycles. The Labute approximate surface area is 145 Å². The summed E-state index contributed by atoms with van der Waals surface area (Å²) in [5.41, 5.74) is 1.39. The van der Waals surface area contributed by atoms with Gasteiger partial charge in [0.1, 0.15) is 0 Å². The first-order chi connectivity index (χ1) is 11.3. The third-order valence-corrected chi connectivity index (χ3v) is 6.85. The molecule has 2 rings (SSSR count). The lowest BCUT2D eigenvalue weighted by Crippen LogP contribution is -2.53. The van der Waals surface area contributed by atoms with Crippen molar-refractivity contribution in [1.29, 1.82) is 0 Å². The first-order valence-electron chi connectivity index (χ1n) is 9.10. The van der Waals surface area contributed by atoms with Crippen molar-refractivity contribution in [3.05, 3.63) is 23.8 Å². The number of hydrogen-bond donors (Lipinski definition) is 3. The molecule has 0 aliphatic heterocycles. The molecule has 136 valence electrons. The molecule has 0 aromatic heterocycles. The van der Waals surface area contributed by atoms with E-state index in [0.29, 0.717) is 0 Å². The van der Waals surface area contributed by atoms with Crippen molar-refractivity contribution in [2.75, 3.05) is 13.2 Å². The Morgan fingerprint density at radius 2 is 2.04 bits per heavy atom. The summed E-state index contributed by atoms with van der Waals surface area (Å²) in [5, 5.41) is 28.3. The predicted octanol–water partition coefficient (Wildman–Crippen LogP) is 3.54. The van der Waals surface area contributed by atoms with Gasteiger partial charge >= 0.3 is 5.97 Å². The van der Waals surface area contributed by atoms with Gasteiger partial charge in [0, 0.05) is 0 Å². The number of carbonyl (C=O) groups is 1. The van der Waals surface area contributed by atoms with E-state index in [1.54, 1.807) is 6.08 Å². The molecule has 0 amide bonds. The highest BCUT2D eigenvalue weighted by atomic mass is 16.4. The molecule has 0 aromatic rings. The van der Waals surface area contributed by atoms with Gasteiger partial charge in [0.2, 0.25) is 0 Å². The van der Waals surface area contributed by atoms with Crippen molar-refractivity contribution in [2.45, 2.75) is 58.8 Å². The van der Waals surface area contributed by atoms with Crippen LogP contribution in [0, 0.1) is 22.7 Å². The number of allylic oxidation sites excluding steroid dienone is 1. The minimum atomic E-state index is -0.666. The fourth-order valence-corrected chi connectivity index (χ4v) is 5.44. The fraction of sp³-hybridized carbons (Fsp3) is 0.750. The van der Waals surface area contributed by atoms with Crippen molar-refractivity contribution in [2.24, 2.45) is 22.7 Å². The summed E-state index contributed by atoms with van der Waals surface area (Å²) in [4.78, 5) is 12.0. The van der Waals surface area contributed by atoms with Gasteiger partial charge in [0.25, 0.3) is 0 Å². The second-order valence-electron chi connectivity index (χ2n) is 8.13. The lowest BCUT2D eigenvalue weighted by Gasteiger charge is -2.57. The van der Waals surface area contributed by atoms with Crippen LogP contribution in [0.25, 0.3) is 0 Å². The third kappa shape index (κ3) is 3.31. The molecule has 2 aliphatic rings. The molecule has 2 aliphatic carbocycles. The van der Waals surface area contributed by atoms with Gasteiger partial charge in [0.05, 0.1) is 18.6 Å². The van der Waals surface area contributed by atoms with E-state index in [0.717, 1.165) is 50.5 Å². The second-order valence-corrected chi connectivity index (χ2v) is 8.13. The van der Waals surface area contributed by atoms with Gasteiger partial charge in [0.15, 0.2) is 0 Å². The van der Waals surface area contributed by atoms with Crippen molar-refractivity contribution in [3.8, 4) is 0 Å². The smallest absolute Gasteiger partial charge is 0.309 e. The zero-order valence-electron chi connectivity index (χ0n) is 15.1. The number of aliphatic carboxylic acids is 1. The number of hydrogen-bond acceptors (Lipinski definition) is 3. The summed E-state index contributed by atoms with van der Waals surface area (Å²) in [6.45, 7) is 8.38. The van der Waals surface area contributed by atoms with Crippen LogP contribution in [0.3, 0.4) is 0 Å². The van der Waals surface area contributed by atoms with Gasteiger partial charge in [-0.15, -0.1) is 0 Å². The van der Waals surface area contributed by atoms with Crippen LogP contribution in [0.5, 0.6) is 0 Å². The van der Waals surface area contributed by atoms with Crippen LogP contribution in [-0.4, -0.2) is 34.5 Å². The van der Waals surface area contributed by atoms with Crippen LogP contribution in [-0.2, 0) is 4.79 Å². The Bertz CT molecular complexity index is 524. The van der Waals surface area contributed by atoms with E-state index < -0.39 is 11.4 Å². The largest absolute Gasteiger partial charge is 0.481 e. The van der Waals surface area contributed by atoms with Crippen molar-refractivity contribution in [3.63, 3.8) is 0 Å². The number of aliphatic hydroxyl groups is 2. The van der Waals surface area contributed by atoms with E-state index >= 15 is 0 Å². The molecule has 4 atom stereocenters. The van der Waals surface area contributed by atoms with Gasteiger partial charge in [-0.1, -0.05) is 31.6 Å². The molecule has 4 nitrogen and oxygen atoms in total. The number of fused-ring (bicyclic) bond motifs is 1. The SMILES string of the molecule is C=C1CCC2C(C)(C(=O)O)CCCC2(C)C1CCC(=CCO)CO. The van der Waals surface area contributed by atoms with Crippen LogP contribution in [0.15, 0.2) is 23.8 Å². The molecular weight excluding hydrogens is 304 g/mol. The first-order valence-corrected chi connectivity index (χ1v) is 9.10. The maximum absolute atomic E-state index is 12.0. The van der Waals surface area contributed by atoms with Crippen LogP contribution < -0.4 is 0 Å². The minimum absolute atomic E-state index is 0.0350. The van der Waals surface area contributed by atoms with E-state index in [1.807, 2.05) is 6.92 Å². The Kier molecular flexibility index (Phi) is 5.92. The summed E-state index contributed by atoms with van der Waals surface area (Å²) in [6.07, 6.45) is 7.82. The van der Waals surface area contributed by atoms with E-state index in [4.69, 9.17) is 5.11 Å². The minimum Gasteiger partial charge on any atom is -0.481 e. The van der Waals surface area contributed by atoms with Gasteiger partial charge in [-0.05, 0) is 68.3 Å². The quantitative estimate of drug-likeness (QED) is 0.648. The fourth-order valence-electron chi connectivity index (χ4n) is 5.44. The average molecular weight is 336 g/mol. The van der Waals surface area contributed by atoms with E-state index in [9.17, 15) is 15.0 Å². The Morgan fingerprint density at radius 1 is 1.33 bits per heavy atom. The van der Waals surface area contributed by atoms with Gasteiger partial charge in [-0.25, -0.2) is 0 Å². The Hall–Kier alpha value is -1.13. The van der Waals surface area contributed by atoms with Crippen LogP contribution in [0.4, 0.5) is 0 Å². The first kappa shape index (κ1) is 19.2. The third-order valence-electron chi connectivity index (χ3n) is 6.85. The monoisotopic (exact) mass is 336 g/mol. The topological polar surface area (TPSA) is 77.8 Å². The van der Waals surface area contributed by atoms with Gasteiger partial charge < -0.3 is 15.3 Å². The zero-order valence-corrected chi connectivity index (χ0v) is 15.1. The number of rotatable bonds is 6. The van der Waals surface area contributed by atoms with Crippen LogP contribution in [0.2, 0.25) is 0 Å². The Morgan fingerprint density at radius 3 is 2.62 bits per heavy atom. The summed E-state index contributed by atoms with van der Waals surface area (Å²) in [7, 11) is 0. The lowest BCUT2D eigenvalue weighted by molar-refractivity contribution is -0.164. The molecule has 0 heterocycles. The molecule has 0 spiro atoms. The standard InChI is InChI=1S/C20H32O4/c1-14-5-8-17-19(2,10-4-11-20(17,3)18(23)24)16(14)7-6-15(13-22)9-12-21/h9,16-17,21-22H,1,4-8,10-13H2,2-3H3,(H,23,24). The van der Waals surface area contributed by atoms with E-state index in [1.165, 1.54) is 5.57 Å². The van der Waals surface area contributed by atoms with Crippen molar-refractivity contribution < 1.29 is 20.1 Å². The average Bonchev–Trinajstić information content (AvgIpc) is 2.52. The molecule has 4 heteroatoms. The Balaban J connectivity index is 2.25. The van der Waals surface area contributed by atoms with E-state index in [-0.39, 0.29) is 30.5 Å². The molecular formula is C20H32O4. The summed E-state index contributed by atoms with van der Waals surface area (Å²) in [5.74, 6) is -0.212. The highest BCUT2D eigenvalue weighted by molar-refractivity contribution is 5.75. The van der Waals surface area contributed by atoms with Crippen LogP contribution >= 0.6 is 0 Å². The molecule has 2 saturated carbocycles. The number of carboxylic acid groups (broad SMARTS) is 1. The maximum Gasteiger partial charge on any atom is 0.309 e. The van der Waals surface area contributed by atoms with Crippen molar-refractivity contribution in [1.82, 2.24) is 0 Å². The van der Waals surface area contributed by atoms with Crippen molar-refractivity contribution >= 4 is 5.97 Å².